The Labute approximate surface area is 216 Å². The fourth-order valence-corrected chi connectivity index (χ4v) is 6.29. The van der Waals surface area contributed by atoms with Crippen molar-refractivity contribution < 1.29 is 14.4 Å². The molecule has 2 heterocycles. The molecule has 7 heteroatoms. The quantitative estimate of drug-likeness (QED) is 0.521. The Morgan fingerprint density at radius 3 is 2.50 bits per heavy atom. The van der Waals surface area contributed by atoms with Crippen LogP contribution in [-0.4, -0.2) is 52.8 Å². The maximum atomic E-state index is 13.3. The molecule has 0 radical (unpaired) electrons. The van der Waals surface area contributed by atoms with Crippen LogP contribution in [0.25, 0.3) is 0 Å². The van der Waals surface area contributed by atoms with Gasteiger partial charge in [-0.15, -0.1) is 0 Å². The molecule has 1 saturated carbocycles. The maximum Gasteiger partial charge on any atom is 0.325 e. The highest BCUT2D eigenvalue weighted by molar-refractivity contribution is 6.09. The Balaban J connectivity index is 1.31. The number of rotatable bonds is 8. The molecule has 1 unspecified atom stereocenters. The molecule has 3 aliphatic rings. The van der Waals surface area contributed by atoms with Gasteiger partial charge in [-0.25, -0.2) is 4.79 Å². The SMILES string of the molecule is CCC(C)(C)C1CCC2(CC1)NC(=O)N(CC(=O)NCc1ccccc1CN1CCCC(C)C1)C2=O. The Kier molecular flexibility index (Phi) is 8.08. The molecule has 2 aliphatic heterocycles. The average molecular weight is 497 g/mol. The minimum absolute atomic E-state index is 0.232. The largest absolute Gasteiger partial charge is 0.350 e. The van der Waals surface area contributed by atoms with Gasteiger partial charge in [0.1, 0.15) is 12.1 Å². The number of likely N-dealkylation sites (tertiary alicyclic amines) is 1. The van der Waals surface area contributed by atoms with E-state index in [2.05, 4.69) is 49.3 Å². The molecule has 0 aromatic heterocycles. The van der Waals surface area contributed by atoms with Gasteiger partial charge in [0.05, 0.1) is 0 Å². The Morgan fingerprint density at radius 2 is 1.83 bits per heavy atom. The normalized spacial score (nSPS) is 27.4. The number of amides is 4. The smallest absolute Gasteiger partial charge is 0.325 e. The maximum absolute atomic E-state index is 13.3. The molecule has 3 fully saturated rings. The lowest BCUT2D eigenvalue weighted by Crippen LogP contribution is -2.51. The minimum Gasteiger partial charge on any atom is -0.350 e. The lowest BCUT2D eigenvalue weighted by atomic mass is 9.65. The number of imide groups is 1. The van der Waals surface area contributed by atoms with E-state index < -0.39 is 11.6 Å². The van der Waals surface area contributed by atoms with E-state index in [1.807, 2.05) is 18.2 Å². The zero-order valence-electron chi connectivity index (χ0n) is 22.6. The van der Waals surface area contributed by atoms with Crippen molar-refractivity contribution in [1.82, 2.24) is 20.4 Å². The lowest BCUT2D eigenvalue weighted by Gasteiger charge is -2.42. The van der Waals surface area contributed by atoms with Crippen LogP contribution in [0, 0.1) is 17.3 Å². The van der Waals surface area contributed by atoms with Crippen molar-refractivity contribution >= 4 is 17.8 Å². The van der Waals surface area contributed by atoms with Gasteiger partial charge in [0.2, 0.25) is 5.91 Å². The third-order valence-corrected chi connectivity index (χ3v) is 9.13. The van der Waals surface area contributed by atoms with Crippen LogP contribution in [0.1, 0.15) is 83.8 Å². The number of carbonyl (C=O) groups excluding carboxylic acids is 3. The van der Waals surface area contributed by atoms with E-state index >= 15 is 0 Å². The fraction of sp³-hybridized carbons (Fsp3) is 0.690. The van der Waals surface area contributed by atoms with Crippen molar-refractivity contribution in [2.24, 2.45) is 17.3 Å². The Hall–Kier alpha value is -2.41. The third-order valence-electron chi connectivity index (χ3n) is 9.13. The molecule has 1 aromatic rings. The molecular formula is C29H44N4O3. The Bertz CT molecular complexity index is 967. The van der Waals surface area contributed by atoms with E-state index in [4.69, 9.17) is 0 Å². The van der Waals surface area contributed by atoms with Crippen molar-refractivity contribution in [3.8, 4) is 0 Å². The van der Waals surface area contributed by atoms with Gasteiger partial charge in [-0.3, -0.25) is 19.4 Å². The highest BCUT2D eigenvalue weighted by Gasteiger charge is 2.53. The zero-order valence-corrected chi connectivity index (χ0v) is 22.6. The molecule has 1 aromatic carbocycles. The number of hydrogen-bond donors (Lipinski definition) is 2. The van der Waals surface area contributed by atoms with Gasteiger partial charge in [-0.05, 0) is 73.4 Å². The summed E-state index contributed by atoms with van der Waals surface area (Å²) in [4.78, 5) is 42.4. The standard InChI is InChI=1S/C29H44N4O3/c1-5-28(3,4)24-12-14-29(15-13-24)26(35)33(27(36)31-29)20-25(34)30-17-22-10-6-7-11-23(22)19-32-16-8-9-21(2)18-32/h6-7,10-11,21,24H,5,8-9,12-20H2,1-4H3,(H,30,34)(H,31,36). The molecule has 7 nitrogen and oxygen atoms in total. The summed E-state index contributed by atoms with van der Waals surface area (Å²) in [6.07, 6.45) is 6.73. The van der Waals surface area contributed by atoms with E-state index in [0.717, 1.165) is 49.4 Å². The fourth-order valence-electron chi connectivity index (χ4n) is 6.29. The molecule has 4 amide bonds. The highest BCUT2D eigenvalue weighted by Crippen LogP contribution is 2.45. The average Bonchev–Trinajstić information content (AvgIpc) is 3.07. The van der Waals surface area contributed by atoms with E-state index in [1.165, 1.54) is 18.4 Å². The molecule has 1 atom stereocenters. The number of benzene rings is 1. The van der Waals surface area contributed by atoms with Crippen molar-refractivity contribution in [1.29, 1.82) is 0 Å². The van der Waals surface area contributed by atoms with E-state index in [1.54, 1.807) is 0 Å². The molecule has 1 aliphatic carbocycles. The number of nitrogens with one attached hydrogen (secondary N) is 2. The lowest BCUT2D eigenvalue weighted by molar-refractivity contribution is -0.136. The highest BCUT2D eigenvalue weighted by atomic mass is 16.2. The minimum atomic E-state index is -0.837. The number of hydrogen-bond acceptors (Lipinski definition) is 4. The molecule has 198 valence electrons. The summed E-state index contributed by atoms with van der Waals surface area (Å²) in [5.74, 6) is 0.711. The first-order chi connectivity index (χ1) is 17.1. The molecule has 36 heavy (non-hydrogen) atoms. The first-order valence-electron chi connectivity index (χ1n) is 13.8. The third kappa shape index (κ3) is 5.77. The van der Waals surface area contributed by atoms with Crippen LogP contribution in [0.2, 0.25) is 0 Å². The van der Waals surface area contributed by atoms with Crippen LogP contribution < -0.4 is 10.6 Å². The van der Waals surface area contributed by atoms with Gasteiger partial charge in [0.15, 0.2) is 0 Å². The van der Waals surface area contributed by atoms with Crippen molar-refractivity contribution in [3.63, 3.8) is 0 Å². The first kappa shape index (κ1) is 26.6. The summed E-state index contributed by atoms with van der Waals surface area (Å²) in [5.41, 5.74) is 1.69. The van der Waals surface area contributed by atoms with Crippen molar-refractivity contribution in [3.05, 3.63) is 35.4 Å². The second-order valence-corrected chi connectivity index (χ2v) is 12.0. The van der Waals surface area contributed by atoms with Crippen LogP contribution >= 0.6 is 0 Å². The van der Waals surface area contributed by atoms with Crippen molar-refractivity contribution in [2.75, 3.05) is 19.6 Å². The molecule has 2 saturated heterocycles. The molecular weight excluding hydrogens is 452 g/mol. The van der Waals surface area contributed by atoms with Crippen LogP contribution in [0.4, 0.5) is 4.79 Å². The summed E-state index contributed by atoms with van der Waals surface area (Å²) in [6.45, 7) is 12.3. The van der Waals surface area contributed by atoms with Crippen molar-refractivity contribution in [2.45, 2.75) is 91.3 Å². The molecule has 1 spiro atoms. The van der Waals surface area contributed by atoms with E-state index in [-0.39, 0.29) is 23.8 Å². The topological polar surface area (TPSA) is 81.8 Å². The zero-order chi connectivity index (χ0) is 25.9. The van der Waals surface area contributed by atoms with Gasteiger partial charge >= 0.3 is 6.03 Å². The molecule has 0 bridgehead atoms. The molecule has 4 rings (SSSR count). The second-order valence-electron chi connectivity index (χ2n) is 12.0. The summed E-state index contributed by atoms with van der Waals surface area (Å²) in [6, 6.07) is 7.75. The summed E-state index contributed by atoms with van der Waals surface area (Å²) in [5, 5.41) is 5.90. The predicted molar refractivity (Wildman–Crippen MR) is 141 cm³/mol. The van der Waals surface area contributed by atoms with E-state index in [0.29, 0.717) is 31.2 Å². The summed E-state index contributed by atoms with van der Waals surface area (Å²) < 4.78 is 0. The predicted octanol–water partition coefficient (Wildman–Crippen LogP) is 4.45. The number of piperidine rings is 1. The van der Waals surface area contributed by atoms with Crippen LogP contribution in [0.15, 0.2) is 24.3 Å². The summed E-state index contributed by atoms with van der Waals surface area (Å²) in [7, 11) is 0. The number of nitrogens with zero attached hydrogens (tertiary/aromatic N) is 2. The van der Waals surface area contributed by atoms with E-state index in [9.17, 15) is 14.4 Å². The summed E-state index contributed by atoms with van der Waals surface area (Å²) >= 11 is 0. The molecule has 2 N–H and O–H groups in total. The monoisotopic (exact) mass is 496 g/mol. The number of urea groups is 1. The van der Waals surface area contributed by atoms with Gasteiger partial charge < -0.3 is 10.6 Å². The Morgan fingerprint density at radius 1 is 1.14 bits per heavy atom. The second kappa shape index (κ2) is 10.9. The van der Waals surface area contributed by atoms with Crippen LogP contribution in [0.3, 0.4) is 0 Å². The van der Waals surface area contributed by atoms with Crippen LogP contribution in [0.5, 0.6) is 0 Å². The number of carbonyl (C=O) groups is 3. The van der Waals surface area contributed by atoms with Crippen LogP contribution in [-0.2, 0) is 22.7 Å². The first-order valence-corrected chi connectivity index (χ1v) is 13.8. The van der Waals surface area contributed by atoms with Gasteiger partial charge in [-0.1, -0.05) is 58.4 Å². The van der Waals surface area contributed by atoms with Gasteiger partial charge in [-0.2, -0.15) is 0 Å². The van der Waals surface area contributed by atoms with Gasteiger partial charge in [0.25, 0.3) is 5.91 Å². The van der Waals surface area contributed by atoms with Gasteiger partial charge in [0, 0.05) is 19.6 Å².